The summed E-state index contributed by atoms with van der Waals surface area (Å²) in [6.07, 6.45) is -0.0870. The maximum absolute atomic E-state index is 12.5. The molecule has 0 fully saturated rings. The van der Waals surface area contributed by atoms with E-state index in [1.807, 2.05) is 24.3 Å². The molecule has 1 rings (SSSR count). The lowest BCUT2D eigenvalue weighted by atomic mass is 10.2. The van der Waals surface area contributed by atoms with E-state index in [0.29, 0.717) is 12.3 Å². The van der Waals surface area contributed by atoms with Crippen molar-refractivity contribution in [3.05, 3.63) is 29.8 Å². The van der Waals surface area contributed by atoms with E-state index in [1.165, 1.54) is 11.8 Å². The van der Waals surface area contributed by atoms with Gasteiger partial charge in [0.05, 0.1) is 0 Å². The number of alkyl halides is 2. The Labute approximate surface area is 93.1 Å². The highest BCUT2D eigenvalue weighted by Gasteiger charge is 2.19. The van der Waals surface area contributed by atoms with Gasteiger partial charge in [0.15, 0.2) is 0 Å². The molecule has 0 saturated carbocycles. The Morgan fingerprint density at radius 1 is 1.27 bits per heavy atom. The van der Waals surface area contributed by atoms with Crippen LogP contribution in [0.2, 0.25) is 0 Å². The van der Waals surface area contributed by atoms with Crippen LogP contribution in [-0.4, -0.2) is 11.7 Å². The van der Waals surface area contributed by atoms with Crippen molar-refractivity contribution in [2.24, 2.45) is 5.73 Å². The normalized spacial score (nSPS) is 11.7. The zero-order valence-corrected chi connectivity index (χ0v) is 9.49. The van der Waals surface area contributed by atoms with Gasteiger partial charge >= 0.3 is 0 Å². The van der Waals surface area contributed by atoms with Crippen LogP contribution < -0.4 is 5.73 Å². The smallest absolute Gasteiger partial charge is 0.246 e. The van der Waals surface area contributed by atoms with Crippen molar-refractivity contribution >= 4 is 11.8 Å². The minimum Gasteiger partial charge on any atom is -0.326 e. The number of nitrogens with two attached hydrogens (primary N) is 1. The van der Waals surface area contributed by atoms with E-state index in [9.17, 15) is 8.78 Å². The Morgan fingerprint density at radius 3 is 2.33 bits per heavy atom. The van der Waals surface area contributed by atoms with E-state index in [1.54, 1.807) is 0 Å². The van der Waals surface area contributed by atoms with Crippen molar-refractivity contribution in [1.29, 1.82) is 0 Å². The van der Waals surface area contributed by atoms with Gasteiger partial charge in [0.1, 0.15) is 0 Å². The van der Waals surface area contributed by atoms with E-state index in [2.05, 4.69) is 0 Å². The Bertz CT molecular complexity index is 292. The van der Waals surface area contributed by atoms with Gasteiger partial charge in [-0.2, -0.15) is 0 Å². The molecular formula is C11H15F2NS. The van der Waals surface area contributed by atoms with Gasteiger partial charge in [0.2, 0.25) is 5.92 Å². The lowest BCUT2D eigenvalue weighted by Gasteiger charge is -2.09. The first-order valence-electron chi connectivity index (χ1n) is 4.81. The topological polar surface area (TPSA) is 26.0 Å². The van der Waals surface area contributed by atoms with Crippen LogP contribution in [0, 0.1) is 0 Å². The van der Waals surface area contributed by atoms with Crippen LogP contribution in [0.25, 0.3) is 0 Å². The highest BCUT2D eigenvalue weighted by Crippen LogP contribution is 2.24. The third-order valence-electron chi connectivity index (χ3n) is 1.97. The maximum atomic E-state index is 12.5. The Balaban J connectivity index is 2.38. The molecule has 4 heteroatoms. The van der Waals surface area contributed by atoms with Crippen LogP contribution in [0.1, 0.15) is 18.9 Å². The number of benzene rings is 1. The minimum absolute atomic E-state index is 0.0870. The molecule has 15 heavy (non-hydrogen) atoms. The largest absolute Gasteiger partial charge is 0.326 e. The van der Waals surface area contributed by atoms with Crippen molar-refractivity contribution in [3.63, 3.8) is 0 Å². The van der Waals surface area contributed by atoms with Crippen molar-refractivity contribution < 1.29 is 8.78 Å². The average Bonchev–Trinajstić information content (AvgIpc) is 2.17. The van der Waals surface area contributed by atoms with E-state index in [4.69, 9.17) is 5.73 Å². The first-order chi connectivity index (χ1) is 7.01. The molecule has 2 N–H and O–H groups in total. The SMILES string of the molecule is CC(F)(F)CCSc1ccc(CN)cc1. The third-order valence-corrected chi connectivity index (χ3v) is 2.98. The molecule has 1 aromatic carbocycles. The van der Waals surface area contributed by atoms with Crippen LogP contribution in [0.3, 0.4) is 0 Å². The lowest BCUT2D eigenvalue weighted by molar-refractivity contribution is 0.0194. The molecular weight excluding hydrogens is 216 g/mol. The van der Waals surface area contributed by atoms with Crippen LogP contribution in [0.5, 0.6) is 0 Å². The zero-order valence-electron chi connectivity index (χ0n) is 8.67. The summed E-state index contributed by atoms with van der Waals surface area (Å²) in [7, 11) is 0. The van der Waals surface area contributed by atoms with E-state index in [-0.39, 0.29) is 6.42 Å². The zero-order chi connectivity index (χ0) is 11.3. The highest BCUT2D eigenvalue weighted by molar-refractivity contribution is 7.99. The molecule has 0 aliphatic heterocycles. The average molecular weight is 231 g/mol. The Kier molecular flexibility index (Phi) is 4.54. The highest BCUT2D eigenvalue weighted by atomic mass is 32.2. The fourth-order valence-electron chi connectivity index (χ4n) is 1.07. The number of hydrogen-bond acceptors (Lipinski definition) is 2. The van der Waals surface area contributed by atoms with E-state index >= 15 is 0 Å². The van der Waals surface area contributed by atoms with E-state index < -0.39 is 5.92 Å². The van der Waals surface area contributed by atoms with Crippen molar-refractivity contribution in [1.82, 2.24) is 0 Å². The van der Waals surface area contributed by atoms with Crippen molar-refractivity contribution in [2.75, 3.05) is 5.75 Å². The summed E-state index contributed by atoms with van der Waals surface area (Å²) in [6, 6.07) is 7.68. The van der Waals surface area contributed by atoms with Gasteiger partial charge in [-0.25, -0.2) is 8.78 Å². The predicted octanol–water partition coefficient (Wildman–Crippen LogP) is 3.28. The summed E-state index contributed by atoms with van der Waals surface area (Å²) in [6.45, 7) is 1.46. The summed E-state index contributed by atoms with van der Waals surface area (Å²) in [5, 5.41) is 0. The lowest BCUT2D eigenvalue weighted by Crippen LogP contribution is -2.10. The fourth-order valence-corrected chi connectivity index (χ4v) is 2.09. The predicted molar refractivity (Wildman–Crippen MR) is 60.3 cm³/mol. The molecule has 0 spiro atoms. The van der Waals surface area contributed by atoms with Crippen molar-refractivity contribution in [3.8, 4) is 0 Å². The quantitative estimate of drug-likeness (QED) is 0.787. The summed E-state index contributed by atoms with van der Waals surface area (Å²) >= 11 is 1.45. The molecule has 0 bridgehead atoms. The summed E-state index contributed by atoms with van der Waals surface area (Å²) in [5.41, 5.74) is 6.51. The second-order valence-corrected chi connectivity index (χ2v) is 4.69. The summed E-state index contributed by atoms with van der Waals surface area (Å²) in [4.78, 5) is 1.01. The second-order valence-electron chi connectivity index (χ2n) is 3.52. The molecule has 0 aliphatic carbocycles. The van der Waals surface area contributed by atoms with Gasteiger partial charge in [0, 0.05) is 23.6 Å². The molecule has 1 nitrogen and oxygen atoms in total. The Morgan fingerprint density at radius 2 is 1.87 bits per heavy atom. The van der Waals surface area contributed by atoms with E-state index in [0.717, 1.165) is 17.4 Å². The molecule has 0 unspecified atom stereocenters. The van der Waals surface area contributed by atoms with Crippen LogP contribution in [0.4, 0.5) is 8.78 Å². The maximum Gasteiger partial charge on any atom is 0.246 e. The molecule has 0 saturated heterocycles. The van der Waals surface area contributed by atoms with Gasteiger partial charge in [-0.15, -0.1) is 11.8 Å². The third kappa shape index (κ3) is 5.14. The summed E-state index contributed by atoms with van der Waals surface area (Å²) in [5.74, 6) is -2.13. The minimum atomic E-state index is -2.57. The van der Waals surface area contributed by atoms with Gasteiger partial charge in [-0.3, -0.25) is 0 Å². The monoisotopic (exact) mass is 231 g/mol. The Hall–Kier alpha value is -0.610. The molecule has 0 aliphatic rings. The summed E-state index contributed by atoms with van der Waals surface area (Å²) < 4.78 is 25.0. The van der Waals surface area contributed by atoms with Gasteiger partial charge < -0.3 is 5.73 Å². The number of thioether (sulfide) groups is 1. The van der Waals surface area contributed by atoms with Crippen LogP contribution in [-0.2, 0) is 6.54 Å². The van der Waals surface area contributed by atoms with Gasteiger partial charge in [-0.05, 0) is 24.6 Å². The number of hydrogen-bond donors (Lipinski definition) is 1. The molecule has 0 aromatic heterocycles. The van der Waals surface area contributed by atoms with Gasteiger partial charge in [0.25, 0.3) is 0 Å². The number of halogens is 2. The number of rotatable bonds is 5. The molecule has 0 amide bonds. The molecule has 1 aromatic rings. The fraction of sp³-hybridized carbons (Fsp3) is 0.455. The second kappa shape index (κ2) is 5.47. The van der Waals surface area contributed by atoms with Crippen LogP contribution in [0.15, 0.2) is 29.2 Å². The molecule has 84 valence electrons. The molecule has 0 atom stereocenters. The first kappa shape index (κ1) is 12.5. The standard InChI is InChI=1S/C11H15F2NS/c1-11(12,13)6-7-15-10-4-2-9(8-14)3-5-10/h2-5H,6-8,14H2,1H3. The van der Waals surface area contributed by atoms with Crippen LogP contribution >= 0.6 is 11.8 Å². The first-order valence-corrected chi connectivity index (χ1v) is 5.79. The molecule has 0 heterocycles. The van der Waals surface area contributed by atoms with Gasteiger partial charge in [-0.1, -0.05) is 12.1 Å². The van der Waals surface area contributed by atoms with Crippen molar-refractivity contribution in [2.45, 2.75) is 30.7 Å². The molecule has 0 radical (unpaired) electrons.